The highest BCUT2D eigenvalue weighted by atomic mass is 19.1. The Hall–Kier alpha value is -3.29. The summed E-state index contributed by atoms with van der Waals surface area (Å²) in [6, 6.07) is 8.28. The summed E-state index contributed by atoms with van der Waals surface area (Å²) in [5.74, 6) is -1.40. The predicted octanol–water partition coefficient (Wildman–Crippen LogP) is 0.957. The molecule has 1 aliphatic heterocycles. The maximum atomic E-state index is 13.1. The first-order chi connectivity index (χ1) is 12.0. The number of primary amides is 1. The summed E-state index contributed by atoms with van der Waals surface area (Å²) < 4.78 is 13.1. The van der Waals surface area contributed by atoms with Crippen molar-refractivity contribution >= 4 is 23.2 Å². The molecule has 8 heteroatoms. The van der Waals surface area contributed by atoms with Crippen LogP contribution in [0.2, 0.25) is 0 Å². The molecule has 0 spiro atoms. The van der Waals surface area contributed by atoms with Crippen LogP contribution >= 0.6 is 0 Å². The Balaban J connectivity index is 1.74. The van der Waals surface area contributed by atoms with Crippen LogP contribution in [0.4, 0.5) is 10.1 Å². The molecule has 2 amide bonds. The van der Waals surface area contributed by atoms with Gasteiger partial charge in [0.15, 0.2) is 0 Å². The number of hydrogen-bond acceptors (Lipinski definition) is 5. The lowest BCUT2D eigenvalue weighted by Crippen LogP contribution is -2.39. The number of carbonyl (C=O) groups excluding carboxylic acids is 2. The van der Waals surface area contributed by atoms with Crippen LogP contribution in [-0.2, 0) is 16.1 Å². The zero-order valence-corrected chi connectivity index (χ0v) is 13.2. The van der Waals surface area contributed by atoms with Crippen molar-refractivity contribution in [2.75, 3.05) is 5.01 Å². The van der Waals surface area contributed by atoms with Gasteiger partial charge in [0.25, 0.3) is 5.91 Å². The van der Waals surface area contributed by atoms with Crippen LogP contribution in [0.1, 0.15) is 12.0 Å². The Bertz CT molecular complexity index is 808. The lowest BCUT2D eigenvalue weighted by Gasteiger charge is -2.20. The Morgan fingerprint density at radius 3 is 2.68 bits per heavy atom. The number of nitrogens with one attached hydrogen (secondary N) is 1. The highest BCUT2D eigenvalue weighted by Gasteiger charge is 2.34. The fraction of sp³-hybridized carbons (Fsp3) is 0.176. The fourth-order valence-corrected chi connectivity index (χ4v) is 2.49. The summed E-state index contributed by atoms with van der Waals surface area (Å²) in [5.41, 5.74) is 6.94. The molecular weight excluding hydrogens is 325 g/mol. The SMILES string of the molecule is NC(=O)[C@@H]1CC(C(=O)NCc2cccnc2)=NN1c1ccc(F)cc1. The van der Waals surface area contributed by atoms with Gasteiger partial charge in [-0.1, -0.05) is 6.07 Å². The second-order valence-electron chi connectivity index (χ2n) is 5.53. The van der Waals surface area contributed by atoms with Crippen molar-refractivity contribution in [3.63, 3.8) is 0 Å². The number of pyridine rings is 1. The van der Waals surface area contributed by atoms with Crippen molar-refractivity contribution in [2.45, 2.75) is 19.0 Å². The van der Waals surface area contributed by atoms with Gasteiger partial charge in [-0.3, -0.25) is 19.6 Å². The van der Waals surface area contributed by atoms with Crippen molar-refractivity contribution in [2.24, 2.45) is 10.8 Å². The van der Waals surface area contributed by atoms with E-state index in [0.29, 0.717) is 12.2 Å². The van der Waals surface area contributed by atoms with Crippen molar-refractivity contribution in [1.29, 1.82) is 0 Å². The second kappa shape index (κ2) is 7.08. The third-order valence-corrected chi connectivity index (χ3v) is 3.77. The van der Waals surface area contributed by atoms with Gasteiger partial charge in [0.2, 0.25) is 5.91 Å². The summed E-state index contributed by atoms with van der Waals surface area (Å²) in [7, 11) is 0. The first-order valence-corrected chi connectivity index (χ1v) is 7.63. The largest absolute Gasteiger partial charge is 0.368 e. The second-order valence-corrected chi connectivity index (χ2v) is 5.53. The average Bonchev–Trinajstić information content (AvgIpc) is 3.07. The first-order valence-electron chi connectivity index (χ1n) is 7.63. The summed E-state index contributed by atoms with van der Waals surface area (Å²) >= 11 is 0. The molecule has 3 rings (SSSR count). The quantitative estimate of drug-likeness (QED) is 0.846. The third kappa shape index (κ3) is 3.79. The number of benzene rings is 1. The number of halogens is 1. The van der Waals surface area contributed by atoms with Gasteiger partial charge in [0.1, 0.15) is 17.6 Å². The van der Waals surface area contributed by atoms with Crippen molar-refractivity contribution < 1.29 is 14.0 Å². The first kappa shape index (κ1) is 16.6. The van der Waals surface area contributed by atoms with Crippen molar-refractivity contribution in [3.8, 4) is 0 Å². The number of anilines is 1. The van der Waals surface area contributed by atoms with E-state index in [1.807, 2.05) is 6.07 Å². The van der Waals surface area contributed by atoms with Crippen molar-refractivity contribution in [1.82, 2.24) is 10.3 Å². The molecule has 1 aromatic heterocycles. The molecule has 1 aromatic carbocycles. The van der Waals surface area contributed by atoms with E-state index in [2.05, 4.69) is 15.4 Å². The minimum Gasteiger partial charge on any atom is -0.368 e. The van der Waals surface area contributed by atoms with Gasteiger partial charge < -0.3 is 11.1 Å². The van der Waals surface area contributed by atoms with E-state index >= 15 is 0 Å². The Morgan fingerprint density at radius 1 is 1.28 bits per heavy atom. The molecule has 2 heterocycles. The zero-order chi connectivity index (χ0) is 17.8. The molecule has 25 heavy (non-hydrogen) atoms. The number of aromatic nitrogens is 1. The predicted molar refractivity (Wildman–Crippen MR) is 90.0 cm³/mol. The molecular formula is C17H16FN5O2. The molecule has 1 aliphatic rings. The number of hydrazone groups is 1. The molecule has 0 fully saturated rings. The summed E-state index contributed by atoms with van der Waals surface area (Å²) in [5, 5.41) is 8.28. The van der Waals surface area contributed by atoms with Crippen LogP contribution in [0, 0.1) is 5.82 Å². The summed E-state index contributed by atoms with van der Waals surface area (Å²) in [6.07, 6.45) is 3.38. The van der Waals surface area contributed by atoms with Gasteiger partial charge in [0.05, 0.1) is 5.69 Å². The maximum absolute atomic E-state index is 13.1. The van der Waals surface area contributed by atoms with Gasteiger partial charge in [-0.15, -0.1) is 0 Å². The molecule has 7 nitrogen and oxygen atoms in total. The molecule has 0 unspecified atom stereocenters. The van der Waals surface area contributed by atoms with E-state index in [9.17, 15) is 14.0 Å². The average molecular weight is 341 g/mol. The molecule has 0 saturated heterocycles. The zero-order valence-electron chi connectivity index (χ0n) is 13.2. The Labute approximate surface area is 143 Å². The number of rotatable bonds is 5. The van der Waals surface area contributed by atoms with Crippen LogP contribution in [0.5, 0.6) is 0 Å². The molecule has 2 aromatic rings. The molecule has 3 N–H and O–H groups in total. The fourth-order valence-electron chi connectivity index (χ4n) is 2.49. The molecule has 1 atom stereocenters. The normalized spacial score (nSPS) is 16.4. The maximum Gasteiger partial charge on any atom is 0.267 e. The number of carbonyl (C=O) groups is 2. The standard InChI is InChI=1S/C17H16FN5O2/c18-12-3-5-13(6-4-12)23-15(16(19)24)8-14(22-23)17(25)21-10-11-2-1-7-20-9-11/h1-7,9,15H,8,10H2,(H2,19,24)(H,21,25)/t15-/m0/s1. The van der Waals surface area contributed by atoms with E-state index in [1.165, 1.54) is 29.3 Å². The number of hydrogen-bond donors (Lipinski definition) is 2. The van der Waals surface area contributed by atoms with Crippen LogP contribution in [0.3, 0.4) is 0 Å². The topological polar surface area (TPSA) is 101 Å². The van der Waals surface area contributed by atoms with Gasteiger partial charge in [-0.2, -0.15) is 5.10 Å². The van der Waals surface area contributed by atoms with E-state index in [1.54, 1.807) is 18.5 Å². The summed E-state index contributed by atoms with van der Waals surface area (Å²) in [6.45, 7) is 0.295. The number of nitrogens with zero attached hydrogens (tertiary/aromatic N) is 3. The highest BCUT2D eigenvalue weighted by molar-refractivity contribution is 6.40. The third-order valence-electron chi connectivity index (χ3n) is 3.77. The smallest absolute Gasteiger partial charge is 0.267 e. The highest BCUT2D eigenvalue weighted by Crippen LogP contribution is 2.24. The molecule has 0 saturated carbocycles. The Kier molecular flexibility index (Phi) is 4.69. The molecule has 0 radical (unpaired) electrons. The van der Waals surface area contributed by atoms with Crippen LogP contribution in [0.15, 0.2) is 53.9 Å². The Morgan fingerprint density at radius 2 is 2.04 bits per heavy atom. The van der Waals surface area contributed by atoms with E-state index < -0.39 is 17.8 Å². The van der Waals surface area contributed by atoms with E-state index in [4.69, 9.17) is 5.73 Å². The lowest BCUT2D eigenvalue weighted by atomic mass is 10.1. The minimum atomic E-state index is -0.787. The van der Waals surface area contributed by atoms with E-state index in [-0.39, 0.29) is 18.0 Å². The summed E-state index contributed by atoms with van der Waals surface area (Å²) in [4.78, 5) is 28.0. The molecule has 0 bridgehead atoms. The van der Waals surface area contributed by atoms with Crippen LogP contribution in [0.25, 0.3) is 0 Å². The van der Waals surface area contributed by atoms with Crippen molar-refractivity contribution in [3.05, 3.63) is 60.2 Å². The molecule has 0 aliphatic carbocycles. The van der Waals surface area contributed by atoms with Crippen LogP contribution in [-0.4, -0.2) is 28.6 Å². The lowest BCUT2D eigenvalue weighted by molar-refractivity contribution is -0.119. The minimum absolute atomic E-state index is 0.0889. The van der Waals surface area contributed by atoms with Gasteiger partial charge in [0, 0.05) is 25.4 Å². The van der Waals surface area contributed by atoms with E-state index in [0.717, 1.165) is 5.56 Å². The van der Waals surface area contributed by atoms with Crippen LogP contribution < -0.4 is 16.1 Å². The number of nitrogens with two attached hydrogens (primary N) is 1. The van der Waals surface area contributed by atoms with Gasteiger partial charge >= 0.3 is 0 Å². The van der Waals surface area contributed by atoms with Gasteiger partial charge in [-0.25, -0.2) is 4.39 Å². The van der Waals surface area contributed by atoms with Gasteiger partial charge in [-0.05, 0) is 35.9 Å². The monoisotopic (exact) mass is 341 g/mol. The molecule has 128 valence electrons. The number of amides is 2.